The number of aliphatic hydroxyl groups is 2. The molecule has 5 saturated carbocycles. The van der Waals surface area contributed by atoms with E-state index in [-0.39, 0.29) is 22.3 Å². The molecule has 5 fully saturated rings. The highest BCUT2D eigenvalue weighted by Crippen LogP contribution is 2.78. The lowest BCUT2D eigenvalue weighted by Crippen LogP contribution is -2.69. The SMILES string of the molecule is CC(C)(O)[C@H]1CC[C@]2(C)[C@H]3C[C@@H](O)[C@@H]4[C@@]5(C)CCCC(C)(C)[C@@H]5CC[C@@]4(C)[C@]3(C)CC[C@@H]12. The van der Waals surface area contributed by atoms with Gasteiger partial charge in [0.05, 0.1) is 11.7 Å². The second-order valence-corrected chi connectivity index (χ2v) is 15.6. The van der Waals surface area contributed by atoms with Crippen LogP contribution in [-0.2, 0) is 0 Å². The summed E-state index contributed by atoms with van der Waals surface area (Å²) >= 11 is 0. The van der Waals surface area contributed by atoms with Crippen LogP contribution in [0.3, 0.4) is 0 Å². The van der Waals surface area contributed by atoms with Crippen LogP contribution in [0, 0.1) is 56.7 Å². The maximum atomic E-state index is 12.0. The molecular formula is C30H52O2. The van der Waals surface area contributed by atoms with Crippen LogP contribution in [0.25, 0.3) is 0 Å². The predicted molar refractivity (Wildman–Crippen MR) is 132 cm³/mol. The molecule has 0 aromatic carbocycles. The standard InChI is InChI=1S/C30H52O2/c1-25(2)13-9-14-28(6)22(25)12-17-30(8)24(28)21(31)18-23-27(5)15-10-19(26(3,4)32)20(27)11-16-29(23,30)7/h19-24,31-32H,9-18H2,1-8H3/t19-,20-,21+,22-,23+,24+,27-,28-,29+,30+/m0/s1. The Morgan fingerprint density at radius 3 is 2.03 bits per heavy atom. The van der Waals surface area contributed by atoms with Crippen LogP contribution in [0.15, 0.2) is 0 Å². The first-order chi connectivity index (χ1) is 14.6. The van der Waals surface area contributed by atoms with E-state index in [1.54, 1.807) is 0 Å². The van der Waals surface area contributed by atoms with Crippen molar-refractivity contribution in [3.63, 3.8) is 0 Å². The Labute approximate surface area is 198 Å². The summed E-state index contributed by atoms with van der Waals surface area (Å²) in [6, 6.07) is 0. The summed E-state index contributed by atoms with van der Waals surface area (Å²) in [6.07, 6.45) is 12.4. The van der Waals surface area contributed by atoms with Crippen molar-refractivity contribution in [1.82, 2.24) is 0 Å². The van der Waals surface area contributed by atoms with Crippen LogP contribution in [0.4, 0.5) is 0 Å². The van der Waals surface area contributed by atoms with Crippen molar-refractivity contribution < 1.29 is 10.2 Å². The van der Waals surface area contributed by atoms with Crippen molar-refractivity contribution in [2.75, 3.05) is 0 Å². The summed E-state index contributed by atoms with van der Waals surface area (Å²) in [7, 11) is 0. The van der Waals surface area contributed by atoms with Crippen LogP contribution >= 0.6 is 0 Å². The van der Waals surface area contributed by atoms with Gasteiger partial charge in [-0.05, 0) is 128 Å². The third-order valence-corrected chi connectivity index (χ3v) is 13.6. The zero-order valence-corrected chi connectivity index (χ0v) is 22.4. The topological polar surface area (TPSA) is 40.5 Å². The first-order valence-corrected chi connectivity index (χ1v) is 14.0. The zero-order chi connectivity index (χ0) is 23.5. The highest BCUT2D eigenvalue weighted by molar-refractivity contribution is 5.21. The summed E-state index contributed by atoms with van der Waals surface area (Å²) < 4.78 is 0. The first-order valence-electron chi connectivity index (χ1n) is 14.0. The van der Waals surface area contributed by atoms with E-state index in [9.17, 15) is 10.2 Å². The fraction of sp³-hybridized carbons (Fsp3) is 1.00. The molecule has 0 aromatic rings. The zero-order valence-electron chi connectivity index (χ0n) is 22.4. The molecule has 0 heterocycles. The summed E-state index contributed by atoms with van der Waals surface area (Å²) in [5.41, 5.74) is 0.859. The highest BCUT2D eigenvalue weighted by Gasteiger charge is 2.72. The van der Waals surface area contributed by atoms with Gasteiger partial charge in [0.1, 0.15) is 0 Å². The van der Waals surface area contributed by atoms with Gasteiger partial charge in [-0.2, -0.15) is 0 Å². The number of rotatable bonds is 1. The largest absolute Gasteiger partial charge is 0.393 e. The molecule has 0 saturated heterocycles. The van der Waals surface area contributed by atoms with E-state index in [4.69, 9.17) is 0 Å². The van der Waals surface area contributed by atoms with Crippen LogP contribution in [-0.4, -0.2) is 21.9 Å². The lowest BCUT2D eigenvalue weighted by molar-refractivity contribution is -0.274. The van der Waals surface area contributed by atoms with E-state index in [2.05, 4.69) is 41.5 Å². The molecule has 0 radical (unpaired) electrons. The van der Waals surface area contributed by atoms with Gasteiger partial charge in [0.2, 0.25) is 0 Å². The Morgan fingerprint density at radius 1 is 0.719 bits per heavy atom. The quantitative estimate of drug-likeness (QED) is 0.448. The fourth-order valence-corrected chi connectivity index (χ4v) is 12.2. The second kappa shape index (κ2) is 6.77. The molecule has 5 rings (SSSR count). The molecule has 10 atom stereocenters. The predicted octanol–water partition coefficient (Wildman–Crippen LogP) is 7.22. The van der Waals surface area contributed by atoms with E-state index < -0.39 is 5.60 Å². The number of aliphatic hydroxyl groups excluding tert-OH is 1. The average molecular weight is 445 g/mol. The van der Waals surface area contributed by atoms with Crippen molar-refractivity contribution in [3.05, 3.63) is 0 Å². The third kappa shape index (κ3) is 2.78. The van der Waals surface area contributed by atoms with Crippen LogP contribution in [0.5, 0.6) is 0 Å². The van der Waals surface area contributed by atoms with Gasteiger partial charge in [-0.15, -0.1) is 0 Å². The third-order valence-electron chi connectivity index (χ3n) is 13.6. The van der Waals surface area contributed by atoms with Gasteiger partial charge < -0.3 is 10.2 Å². The molecule has 0 bridgehead atoms. The first kappa shape index (κ1) is 23.7. The number of hydrogen-bond acceptors (Lipinski definition) is 2. The van der Waals surface area contributed by atoms with E-state index in [1.165, 1.54) is 51.4 Å². The Balaban J connectivity index is 1.56. The molecular weight excluding hydrogens is 392 g/mol. The summed E-state index contributed by atoms with van der Waals surface area (Å²) in [4.78, 5) is 0. The van der Waals surface area contributed by atoms with Crippen LogP contribution < -0.4 is 0 Å². The van der Waals surface area contributed by atoms with Crippen molar-refractivity contribution in [1.29, 1.82) is 0 Å². The van der Waals surface area contributed by atoms with Crippen molar-refractivity contribution in [2.45, 2.75) is 131 Å². The molecule has 184 valence electrons. The normalized spacial score (nSPS) is 57.2. The van der Waals surface area contributed by atoms with E-state index in [0.29, 0.717) is 34.5 Å². The smallest absolute Gasteiger partial charge is 0.0622 e. The Bertz CT molecular complexity index is 765. The highest BCUT2D eigenvalue weighted by atomic mass is 16.3. The molecule has 2 nitrogen and oxygen atoms in total. The van der Waals surface area contributed by atoms with Gasteiger partial charge in [0, 0.05) is 0 Å². The van der Waals surface area contributed by atoms with Gasteiger partial charge in [-0.3, -0.25) is 0 Å². The van der Waals surface area contributed by atoms with Gasteiger partial charge >= 0.3 is 0 Å². The molecule has 2 N–H and O–H groups in total. The average Bonchev–Trinajstić information content (AvgIpc) is 3.00. The van der Waals surface area contributed by atoms with E-state index in [1.807, 2.05) is 13.8 Å². The lowest BCUT2D eigenvalue weighted by atomic mass is 9.31. The molecule has 0 aliphatic heterocycles. The molecule has 0 amide bonds. The maximum absolute atomic E-state index is 12.0. The molecule has 0 unspecified atom stereocenters. The van der Waals surface area contributed by atoms with Crippen molar-refractivity contribution in [3.8, 4) is 0 Å². The molecule has 5 aliphatic rings. The van der Waals surface area contributed by atoms with E-state index >= 15 is 0 Å². The second-order valence-electron chi connectivity index (χ2n) is 15.6. The van der Waals surface area contributed by atoms with Gasteiger partial charge in [0.15, 0.2) is 0 Å². The molecule has 32 heavy (non-hydrogen) atoms. The summed E-state index contributed by atoms with van der Waals surface area (Å²) in [5.74, 6) is 2.77. The minimum Gasteiger partial charge on any atom is -0.393 e. The monoisotopic (exact) mass is 444 g/mol. The fourth-order valence-electron chi connectivity index (χ4n) is 12.2. The minimum absolute atomic E-state index is 0.170. The summed E-state index contributed by atoms with van der Waals surface area (Å²) in [6.45, 7) is 19.5. The number of fused-ring (bicyclic) bond motifs is 7. The summed E-state index contributed by atoms with van der Waals surface area (Å²) in [5, 5.41) is 23.0. The Morgan fingerprint density at radius 2 is 1.38 bits per heavy atom. The van der Waals surface area contributed by atoms with Gasteiger partial charge in [0.25, 0.3) is 0 Å². The maximum Gasteiger partial charge on any atom is 0.0622 e. The Hall–Kier alpha value is -0.0800. The minimum atomic E-state index is -0.588. The molecule has 0 spiro atoms. The van der Waals surface area contributed by atoms with Crippen LogP contribution in [0.2, 0.25) is 0 Å². The van der Waals surface area contributed by atoms with E-state index in [0.717, 1.165) is 18.8 Å². The van der Waals surface area contributed by atoms with Gasteiger partial charge in [-0.25, -0.2) is 0 Å². The van der Waals surface area contributed by atoms with Gasteiger partial charge in [-0.1, -0.05) is 48.0 Å². The number of hydrogen-bond donors (Lipinski definition) is 2. The molecule has 0 aromatic heterocycles. The molecule has 2 heteroatoms. The van der Waals surface area contributed by atoms with Crippen molar-refractivity contribution in [2.24, 2.45) is 56.7 Å². The van der Waals surface area contributed by atoms with Crippen molar-refractivity contribution >= 4 is 0 Å². The van der Waals surface area contributed by atoms with Crippen LogP contribution in [0.1, 0.15) is 120 Å². The Kier molecular flexibility index (Phi) is 5.01. The molecule has 5 aliphatic carbocycles. The lowest BCUT2D eigenvalue weighted by Gasteiger charge is -2.74.